The van der Waals surface area contributed by atoms with Gasteiger partial charge in [0, 0.05) is 29.4 Å². The van der Waals surface area contributed by atoms with Crippen molar-refractivity contribution >= 4 is 44.3 Å². The molecule has 2 amide bonds. The fourth-order valence-corrected chi connectivity index (χ4v) is 3.93. The number of aromatic nitrogens is 1. The zero-order valence-electron chi connectivity index (χ0n) is 18.3. The minimum Gasteiger partial charge on any atom is -0.493 e. The van der Waals surface area contributed by atoms with Crippen LogP contribution < -0.4 is 5.32 Å². The first kappa shape index (κ1) is 23.7. The van der Waals surface area contributed by atoms with Gasteiger partial charge in [-0.25, -0.2) is 0 Å². The second-order valence-corrected chi connectivity index (χ2v) is 8.49. The summed E-state index contributed by atoms with van der Waals surface area (Å²) in [5.74, 6) is -0.734. The van der Waals surface area contributed by atoms with Gasteiger partial charge in [0.05, 0.1) is 11.1 Å². The highest BCUT2D eigenvalue weighted by atomic mass is 79.9. The molecule has 0 bridgehead atoms. The Hall–Kier alpha value is -3.00. The van der Waals surface area contributed by atoms with E-state index in [2.05, 4.69) is 38.4 Å². The molecular formula is C24H27BrN4O3. The smallest absolute Gasteiger partial charge is 0.266 e. The fourth-order valence-electron chi connectivity index (χ4n) is 3.46. The van der Waals surface area contributed by atoms with E-state index in [1.54, 1.807) is 18.2 Å². The molecule has 0 unspecified atom stereocenters. The van der Waals surface area contributed by atoms with Crippen molar-refractivity contribution in [1.29, 1.82) is 0 Å². The van der Waals surface area contributed by atoms with Crippen molar-refractivity contribution in [2.45, 2.75) is 46.1 Å². The Morgan fingerprint density at radius 1 is 1.16 bits per heavy atom. The largest absolute Gasteiger partial charge is 0.493 e. The van der Waals surface area contributed by atoms with Crippen molar-refractivity contribution in [3.05, 3.63) is 58.1 Å². The average Bonchev–Trinajstić information content (AvgIpc) is 3.02. The molecule has 8 heteroatoms. The number of nitrogens with zero attached hydrogens (tertiary/aromatic N) is 3. The molecule has 0 spiro atoms. The Labute approximate surface area is 195 Å². The van der Waals surface area contributed by atoms with Crippen molar-refractivity contribution < 1.29 is 14.7 Å². The maximum absolute atomic E-state index is 12.2. The summed E-state index contributed by atoms with van der Waals surface area (Å²) in [7, 11) is 0. The van der Waals surface area contributed by atoms with Crippen LogP contribution in [0.3, 0.4) is 0 Å². The van der Waals surface area contributed by atoms with E-state index in [0.717, 1.165) is 35.7 Å². The van der Waals surface area contributed by atoms with Crippen molar-refractivity contribution in [2.75, 3.05) is 6.54 Å². The van der Waals surface area contributed by atoms with Gasteiger partial charge >= 0.3 is 0 Å². The van der Waals surface area contributed by atoms with Crippen LogP contribution in [0.15, 0.2) is 57.2 Å². The molecule has 0 fully saturated rings. The number of benzene rings is 2. The zero-order valence-corrected chi connectivity index (χ0v) is 19.9. The Balaban J connectivity index is 1.68. The van der Waals surface area contributed by atoms with Crippen molar-refractivity contribution in [3.8, 4) is 5.88 Å². The number of amides is 2. The van der Waals surface area contributed by atoms with E-state index >= 15 is 0 Å². The Morgan fingerprint density at radius 3 is 2.69 bits per heavy atom. The van der Waals surface area contributed by atoms with Crippen LogP contribution >= 0.6 is 15.9 Å². The molecule has 0 saturated heterocycles. The van der Waals surface area contributed by atoms with Crippen LogP contribution in [0, 0.1) is 6.92 Å². The number of azo groups is 1. The van der Waals surface area contributed by atoms with E-state index in [1.165, 1.54) is 0 Å². The molecule has 0 saturated carbocycles. The van der Waals surface area contributed by atoms with Crippen LogP contribution in [-0.2, 0) is 11.3 Å². The van der Waals surface area contributed by atoms with Crippen molar-refractivity contribution in [3.63, 3.8) is 0 Å². The maximum atomic E-state index is 12.2. The van der Waals surface area contributed by atoms with Crippen LogP contribution in [0.1, 0.15) is 48.5 Å². The van der Waals surface area contributed by atoms with Crippen LogP contribution in [-0.4, -0.2) is 28.0 Å². The normalized spacial score (nSPS) is 11.3. The molecular weight excluding hydrogens is 472 g/mol. The van der Waals surface area contributed by atoms with Gasteiger partial charge in [0.25, 0.3) is 11.8 Å². The van der Waals surface area contributed by atoms with Gasteiger partial charge < -0.3 is 15.0 Å². The molecule has 0 aliphatic rings. The van der Waals surface area contributed by atoms with Crippen LogP contribution in [0.5, 0.6) is 5.88 Å². The van der Waals surface area contributed by atoms with Gasteiger partial charge in [-0.15, -0.1) is 10.2 Å². The van der Waals surface area contributed by atoms with Gasteiger partial charge in [-0.1, -0.05) is 43.5 Å². The summed E-state index contributed by atoms with van der Waals surface area (Å²) in [6, 6.07) is 12.9. The van der Waals surface area contributed by atoms with Crippen molar-refractivity contribution in [2.24, 2.45) is 10.2 Å². The Bertz CT molecular complexity index is 1150. The number of aryl methyl sites for hydroxylation is 2. The molecule has 0 aliphatic carbocycles. The second-order valence-electron chi connectivity index (χ2n) is 7.63. The van der Waals surface area contributed by atoms with E-state index in [0.29, 0.717) is 22.3 Å². The van der Waals surface area contributed by atoms with E-state index in [9.17, 15) is 14.7 Å². The molecule has 168 valence electrons. The number of carbonyl (C=O) groups is 2. The van der Waals surface area contributed by atoms with Crippen molar-refractivity contribution in [1.82, 2.24) is 9.88 Å². The number of aromatic hydroxyl groups is 1. The summed E-state index contributed by atoms with van der Waals surface area (Å²) in [6.45, 7) is 4.90. The molecule has 2 N–H and O–H groups in total. The van der Waals surface area contributed by atoms with Gasteiger partial charge in [0.15, 0.2) is 5.69 Å². The lowest BCUT2D eigenvalue weighted by Gasteiger charge is -2.06. The number of halogens is 1. The number of fused-ring (bicyclic) bond motifs is 1. The number of hydrogen-bond acceptors (Lipinski definition) is 4. The summed E-state index contributed by atoms with van der Waals surface area (Å²) >= 11 is 3.33. The first-order valence-electron chi connectivity index (χ1n) is 10.7. The van der Waals surface area contributed by atoms with Gasteiger partial charge in [0.1, 0.15) is 0 Å². The van der Waals surface area contributed by atoms with E-state index in [4.69, 9.17) is 0 Å². The van der Waals surface area contributed by atoms with Gasteiger partial charge in [-0.2, -0.15) is 0 Å². The number of unbranched alkanes of at least 4 members (excludes halogenated alkanes) is 2. The van der Waals surface area contributed by atoms with Crippen LogP contribution in [0.4, 0.5) is 5.69 Å². The molecule has 3 rings (SSSR count). The quantitative estimate of drug-likeness (QED) is 0.278. The van der Waals surface area contributed by atoms with Gasteiger partial charge in [-0.3, -0.25) is 9.59 Å². The highest BCUT2D eigenvalue weighted by Crippen LogP contribution is 2.39. The summed E-state index contributed by atoms with van der Waals surface area (Å²) in [6.07, 6.45) is 3.09. The Kier molecular flexibility index (Phi) is 8.16. The van der Waals surface area contributed by atoms with E-state index < -0.39 is 5.91 Å². The fraction of sp³-hybridized carbons (Fsp3) is 0.333. The third kappa shape index (κ3) is 5.62. The molecule has 1 heterocycles. The standard InChI is InChI=1S/C24H27BrN4O3/c1-3-4-7-14-29-20-11-10-16(2)15-18(20)22(24(29)32)28-27-21(30)12-13-26-23(31)17-8-5-6-9-19(17)25/h5-6,8-11,15,32H,3-4,7,12-14H2,1-2H3,(H,26,31). The second kappa shape index (κ2) is 11.0. The van der Waals surface area contributed by atoms with E-state index in [-0.39, 0.29) is 24.8 Å². The first-order chi connectivity index (χ1) is 15.4. The third-order valence-electron chi connectivity index (χ3n) is 5.16. The molecule has 1 aromatic heterocycles. The number of rotatable bonds is 9. The summed E-state index contributed by atoms with van der Waals surface area (Å²) in [5.41, 5.74) is 2.69. The minimum absolute atomic E-state index is 0.00855. The SMILES string of the molecule is CCCCCn1c(O)c(N=NC(=O)CCNC(=O)c2ccccc2Br)c2cc(C)ccc21. The average molecular weight is 499 g/mol. The van der Waals surface area contributed by atoms with Gasteiger partial charge in [0.2, 0.25) is 5.88 Å². The zero-order chi connectivity index (χ0) is 23.1. The predicted octanol–water partition coefficient (Wildman–Crippen LogP) is 6.04. The summed E-state index contributed by atoms with van der Waals surface area (Å²) in [5, 5.41) is 22.1. The van der Waals surface area contributed by atoms with E-state index in [1.807, 2.05) is 35.8 Å². The maximum Gasteiger partial charge on any atom is 0.266 e. The highest BCUT2D eigenvalue weighted by Gasteiger charge is 2.17. The lowest BCUT2D eigenvalue weighted by molar-refractivity contribution is -0.118. The highest BCUT2D eigenvalue weighted by molar-refractivity contribution is 9.10. The monoisotopic (exact) mass is 498 g/mol. The molecule has 0 radical (unpaired) electrons. The topological polar surface area (TPSA) is 96.0 Å². The molecule has 2 aromatic carbocycles. The molecule has 32 heavy (non-hydrogen) atoms. The molecule has 0 atom stereocenters. The third-order valence-corrected chi connectivity index (χ3v) is 5.85. The first-order valence-corrected chi connectivity index (χ1v) is 11.5. The lowest BCUT2D eigenvalue weighted by atomic mass is 10.1. The van der Waals surface area contributed by atoms with Gasteiger partial charge in [-0.05, 0) is 53.5 Å². The Morgan fingerprint density at radius 2 is 1.94 bits per heavy atom. The number of nitrogens with one attached hydrogen (secondary N) is 1. The lowest BCUT2D eigenvalue weighted by Crippen LogP contribution is -2.26. The van der Waals surface area contributed by atoms with Crippen LogP contribution in [0.25, 0.3) is 10.9 Å². The molecule has 7 nitrogen and oxygen atoms in total. The minimum atomic E-state index is -0.476. The number of carbonyl (C=O) groups excluding carboxylic acids is 2. The predicted molar refractivity (Wildman–Crippen MR) is 128 cm³/mol. The van der Waals surface area contributed by atoms with Crippen LogP contribution in [0.2, 0.25) is 0 Å². The summed E-state index contributed by atoms with van der Waals surface area (Å²) in [4.78, 5) is 24.4. The summed E-state index contributed by atoms with van der Waals surface area (Å²) < 4.78 is 2.51. The molecule has 3 aromatic rings. The molecule has 0 aliphatic heterocycles. The number of hydrogen-bond donors (Lipinski definition) is 2.